The highest BCUT2D eigenvalue weighted by atomic mass is 15.1. The molecule has 0 unspecified atom stereocenters. The van der Waals surface area contributed by atoms with Crippen molar-refractivity contribution in [1.29, 1.82) is 0 Å². The molecule has 0 aliphatic heterocycles. The van der Waals surface area contributed by atoms with Crippen molar-refractivity contribution in [3.8, 4) is 50.2 Å². The Labute approximate surface area is 350 Å². The highest BCUT2D eigenvalue weighted by molar-refractivity contribution is 6.16. The molecule has 0 aliphatic carbocycles. The lowest BCUT2D eigenvalue weighted by Gasteiger charge is -2.27. The van der Waals surface area contributed by atoms with E-state index in [1.54, 1.807) is 0 Å². The summed E-state index contributed by atoms with van der Waals surface area (Å²) < 4.78 is 2.39. The van der Waals surface area contributed by atoms with Crippen molar-refractivity contribution >= 4 is 49.6 Å². The summed E-state index contributed by atoms with van der Waals surface area (Å²) in [5.74, 6) is 0. The lowest BCUT2D eigenvalue weighted by Crippen LogP contribution is -2.10. The second kappa shape index (κ2) is 15.1. The zero-order valence-corrected chi connectivity index (χ0v) is 33.0. The summed E-state index contributed by atoms with van der Waals surface area (Å²) in [6.07, 6.45) is 0. The van der Waals surface area contributed by atoms with E-state index in [0.29, 0.717) is 0 Å². The van der Waals surface area contributed by atoms with Gasteiger partial charge in [0.05, 0.1) is 16.7 Å². The largest absolute Gasteiger partial charge is 0.310 e. The molecule has 0 spiro atoms. The van der Waals surface area contributed by atoms with Gasteiger partial charge in [0, 0.05) is 33.2 Å². The normalized spacial score (nSPS) is 11.3. The monoisotopic (exact) mass is 764 g/mol. The van der Waals surface area contributed by atoms with Gasteiger partial charge < -0.3 is 9.47 Å². The van der Waals surface area contributed by atoms with Gasteiger partial charge in [-0.2, -0.15) is 0 Å². The van der Waals surface area contributed by atoms with E-state index in [4.69, 9.17) is 0 Å². The zero-order chi connectivity index (χ0) is 39.8. The number of benzene rings is 10. The fraction of sp³-hybridized carbons (Fsp3) is 0. The maximum Gasteiger partial charge on any atom is 0.0547 e. The van der Waals surface area contributed by atoms with Crippen LogP contribution < -0.4 is 4.90 Å². The topological polar surface area (TPSA) is 8.17 Å². The molecular formula is C58H40N2. The molecule has 11 aromatic rings. The number of hydrogen-bond donors (Lipinski definition) is 0. The lowest BCUT2D eigenvalue weighted by molar-refractivity contribution is 1.18. The van der Waals surface area contributed by atoms with Gasteiger partial charge in [0.1, 0.15) is 0 Å². The van der Waals surface area contributed by atoms with Gasteiger partial charge in [-0.3, -0.25) is 0 Å². The van der Waals surface area contributed by atoms with Crippen LogP contribution in [0.15, 0.2) is 243 Å². The Balaban J connectivity index is 0.997. The average molecular weight is 765 g/mol. The predicted molar refractivity (Wildman–Crippen MR) is 255 cm³/mol. The van der Waals surface area contributed by atoms with Crippen LogP contribution in [0.1, 0.15) is 0 Å². The number of para-hydroxylation sites is 2. The first kappa shape index (κ1) is 35.2. The van der Waals surface area contributed by atoms with E-state index >= 15 is 0 Å². The smallest absolute Gasteiger partial charge is 0.0547 e. The van der Waals surface area contributed by atoms with E-state index < -0.39 is 0 Å². The molecule has 0 saturated carbocycles. The van der Waals surface area contributed by atoms with Crippen LogP contribution >= 0.6 is 0 Å². The molecule has 2 nitrogen and oxygen atoms in total. The quantitative estimate of drug-likeness (QED) is 0.150. The minimum absolute atomic E-state index is 1.10. The molecule has 0 bridgehead atoms. The number of rotatable bonds is 8. The first-order valence-electron chi connectivity index (χ1n) is 20.6. The second-order valence-electron chi connectivity index (χ2n) is 15.3. The summed E-state index contributed by atoms with van der Waals surface area (Å²) in [6, 6.07) is 87.8. The number of aromatic nitrogens is 1. The van der Waals surface area contributed by atoms with Crippen LogP contribution in [-0.2, 0) is 0 Å². The average Bonchev–Trinajstić information content (AvgIpc) is 3.67. The summed E-state index contributed by atoms with van der Waals surface area (Å²) in [6.45, 7) is 0. The van der Waals surface area contributed by atoms with Gasteiger partial charge in [0.15, 0.2) is 0 Å². The van der Waals surface area contributed by atoms with Crippen LogP contribution in [0.5, 0.6) is 0 Å². The highest BCUT2D eigenvalue weighted by Crippen LogP contribution is 2.43. The molecule has 0 aliphatic rings. The molecule has 282 valence electrons. The molecule has 0 amide bonds. The Hall–Kier alpha value is -7.94. The van der Waals surface area contributed by atoms with Crippen LogP contribution in [-0.4, -0.2) is 4.57 Å². The van der Waals surface area contributed by atoms with Gasteiger partial charge in [-0.15, -0.1) is 0 Å². The summed E-state index contributed by atoms with van der Waals surface area (Å²) in [7, 11) is 0. The van der Waals surface area contributed by atoms with Crippen LogP contribution in [0.3, 0.4) is 0 Å². The Morgan fingerprint density at radius 3 is 1.58 bits per heavy atom. The maximum absolute atomic E-state index is 2.40. The number of hydrogen-bond acceptors (Lipinski definition) is 1. The van der Waals surface area contributed by atoms with E-state index in [9.17, 15) is 0 Å². The minimum Gasteiger partial charge on any atom is -0.310 e. The number of fused-ring (bicyclic) bond motifs is 4. The molecule has 10 aromatic carbocycles. The molecule has 11 rings (SSSR count). The molecule has 1 aromatic heterocycles. The van der Waals surface area contributed by atoms with Crippen LogP contribution in [0, 0.1) is 0 Å². The third-order valence-electron chi connectivity index (χ3n) is 11.8. The van der Waals surface area contributed by atoms with Crippen molar-refractivity contribution in [3.63, 3.8) is 0 Å². The van der Waals surface area contributed by atoms with Gasteiger partial charge in [-0.05, 0) is 111 Å². The second-order valence-corrected chi connectivity index (χ2v) is 15.3. The molecule has 0 N–H and O–H groups in total. The SMILES string of the molecule is c1ccc(-c2ccc(-c3ccc(N(c4cccc(-c5cccc(-c6cccc7c6c6ccccc6n7-c6ccccc6)c5)c4)c4cccc5ccccc45)cc3)cc2)cc1. The van der Waals surface area contributed by atoms with Crippen molar-refractivity contribution in [3.05, 3.63) is 243 Å². The predicted octanol–water partition coefficient (Wildman–Crippen LogP) is 16.1. The summed E-state index contributed by atoms with van der Waals surface area (Å²) in [5, 5.41) is 4.93. The third-order valence-corrected chi connectivity index (χ3v) is 11.8. The number of anilines is 3. The van der Waals surface area contributed by atoms with Gasteiger partial charge in [0.2, 0.25) is 0 Å². The molecule has 0 atom stereocenters. The first-order chi connectivity index (χ1) is 29.8. The van der Waals surface area contributed by atoms with Crippen LogP contribution in [0.4, 0.5) is 17.1 Å². The highest BCUT2D eigenvalue weighted by Gasteiger charge is 2.18. The van der Waals surface area contributed by atoms with Crippen molar-refractivity contribution < 1.29 is 0 Å². The van der Waals surface area contributed by atoms with E-state index in [1.807, 2.05) is 0 Å². The molecule has 0 radical (unpaired) electrons. The Bertz CT molecular complexity index is 3280. The van der Waals surface area contributed by atoms with Crippen molar-refractivity contribution in [2.24, 2.45) is 0 Å². The van der Waals surface area contributed by atoms with Gasteiger partial charge >= 0.3 is 0 Å². The third kappa shape index (κ3) is 6.32. The van der Waals surface area contributed by atoms with Gasteiger partial charge in [0.25, 0.3) is 0 Å². The zero-order valence-electron chi connectivity index (χ0n) is 33.0. The van der Waals surface area contributed by atoms with Crippen LogP contribution in [0.2, 0.25) is 0 Å². The molecule has 1 heterocycles. The molecule has 60 heavy (non-hydrogen) atoms. The van der Waals surface area contributed by atoms with E-state index in [1.165, 1.54) is 71.5 Å². The van der Waals surface area contributed by atoms with Crippen LogP contribution in [0.25, 0.3) is 82.8 Å². The van der Waals surface area contributed by atoms with E-state index in [0.717, 1.165) is 28.3 Å². The molecular weight excluding hydrogens is 725 g/mol. The van der Waals surface area contributed by atoms with Gasteiger partial charge in [-0.25, -0.2) is 0 Å². The first-order valence-corrected chi connectivity index (χ1v) is 20.6. The lowest BCUT2D eigenvalue weighted by atomic mass is 9.95. The standard InChI is InChI=1S/C58H40N2/c1-3-15-41(16-4-1)42-31-33-43(34-32-42)44-35-37-50(38-36-44)59(55-29-13-18-45-17-7-8-25-52(45)55)51-24-12-20-47(40-51)46-19-11-21-48(39-46)53-27-14-30-57-58(53)54-26-9-10-28-56(54)60(57)49-22-5-2-6-23-49/h1-40H. The fourth-order valence-electron chi connectivity index (χ4n) is 8.93. The summed E-state index contributed by atoms with van der Waals surface area (Å²) in [4.78, 5) is 2.40. The molecule has 2 heteroatoms. The Morgan fingerprint density at radius 2 is 0.817 bits per heavy atom. The van der Waals surface area contributed by atoms with E-state index in [-0.39, 0.29) is 0 Å². The van der Waals surface area contributed by atoms with Crippen molar-refractivity contribution in [1.82, 2.24) is 4.57 Å². The van der Waals surface area contributed by atoms with Gasteiger partial charge in [-0.1, -0.05) is 182 Å². The maximum atomic E-state index is 2.40. The van der Waals surface area contributed by atoms with Crippen molar-refractivity contribution in [2.45, 2.75) is 0 Å². The van der Waals surface area contributed by atoms with E-state index in [2.05, 4.69) is 252 Å². The fourth-order valence-corrected chi connectivity index (χ4v) is 8.93. The summed E-state index contributed by atoms with van der Waals surface area (Å²) in [5.41, 5.74) is 16.5. The molecule has 0 saturated heterocycles. The number of nitrogens with zero attached hydrogens (tertiary/aromatic N) is 2. The summed E-state index contributed by atoms with van der Waals surface area (Å²) >= 11 is 0. The Morgan fingerprint density at radius 1 is 0.300 bits per heavy atom. The Kier molecular flexibility index (Phi) is 8.87. The minimum atomic E-state index is 1.10. The molecule has 0 fully saturated rings. The van der Waals surface area contributed by atoms with Crippen molar-refractivity contribution in [2.75, 3.05) is 4.90 Å².